The molecule has 0 atom stereocenters. The highest BCUT2D eigenvalue weighted by Crippen LogP contribution is 2.32. The molecule has 176 valence electrons. The van der Waals surface area contributed by atoms with E-state index in [2.05, 4.69) is 18.8 Å². The second kappa shape index (κ2) is 11.4. The van der Waals surface area contributed by atoms with Gasteiger partial charge in [0.2, 0.25) is 0 Å². The average molecular weight is 461 g/mol. The van der Waals surface area contributed by atoms with Crippen LogP contribution in [0, 0.1) is 29.5 Å². The number of unbranched alkanes of at least 4 members (excludes halogenated alkanes) is 2. The molecule has 3 aromatic rings. The van der Waals surface area contributed by atoms with E-state index in [9.17, 15) is 13.2 Å². The minimum atomic E-state index is -1.91. The molecule has 1 fully saturated rings. The first-order valence-corrected chi connectivity index (χ1v) is 12.4. The Morgan fingerprint density at radius 3 is 2.35 bits per heavy atom. The molecule has 34 heavy (non-hydrogen) atoms. The first-order chi connectivity index (χ1) is 16.5. The minimum Gasteiger partial charge on any atom is -0.206 e. The summed E-state index contributed by atoms with van der Waals surface area (Å²) in [7, 11) is 0. The highest BCUT2D eigenvalue weighted by Gasteiger charge is 2.19. The third kappa shape index (κ3) is 6.11. The number of hydrogen-bond donors (Lipinski definition) is 0. The minimum absolute atomic E-state index is 0.104. The Labute approximate surface area is 200 Å². The summed E-state index contributed by atoms with van der Waals surface area (Å²) >= 11 is 0. The molecule has 0 spiro atoms. The number of fused-ring (bicyclic) bond motifs is 1. The molecule has 0 bridgehead atoms. The SMILES string of the molecule is CCCCCC1CCC(C#Cc2ccc(-c3ccc4c(F)c(C=C(F)F)ccc4c3)cc2)CC1. The molecule has 3 heteroatoms. The van der Waals surface area contributed by atoms with Crippen molar-refractivity contribution in [2.75, 3.05) is 0 Å². The summed E-state index contributed by atoms with van der Waals surface area (Å²) in [5, 5.41) is 1.02. The van der Waals surface area contributed by atoms with Gasteiger partial charge in [-0.1, -0.05) is 80.8 Å². The van der Waals surface area contributed by atoms with E-state index in [-0.39, 0.29) is 5.56 Å². The van der Waals surface area contributed by atoms with E-state index in [0.717, 1.165) is 22.6 Å². The van der Waals surface area contributed by atoms with E-state index in [4.69, 9.17) is 0 Å². The zero-order valence-electron chi connectivity index (χ0n) is 19.7. The molecule has 0 heterocycles. The van der Waals surface area contributed by atoms with Crippen LogP contribution < -0.4 is 0 Å². The van der Waals surface area contributed by atoms with Gasteiger partial charge in [0.1, 0.15) is 5.82 Å². The molecule has 0 aromatic heterocycles. The number of hydrogen-bond acceptors (Lipinski definition) is 0. The Morgan fingerprint density at radius 2 is 1.65 bits per heavy atom. The maximum Gasteiger partial charge on any atom is 0.271 e. The smallest absolute Gasteiger partial charge is 0.206 e. The van der Waals surface area contributed by atoms with Gasteiger partial charge in [-0.05, 0) is 66.3 Å². The average Bonchev–Trinajstić information content (AvgIpc) is 2.85. The van der Waals surface area contributed by atoms with Gasteiger partial charge in [0, 0.05) is 28.5 Å². The van der Waals surface area contributed by atoms with Gasteiger partial charge in [-0.3, -0.25) is 0 Å². The van der Waals surface area contributed by atoms with Crippen molar-refractivity contribution in [3.05, 3.63) is 77.6 Å². The van der Waals surface area contributed by atoms with Gasteiger partial charge in [-0.25, -0.2) is 4.39 Å². The van der Waals surface area contributed by atoms with Crippen molar-refractivity contribution in [3.63, 3.8) is 0 Å². The molecule has 1 saturated carbocycles. The normalized spacial score (nSPS) is 17.8. The molecular formula is C31H31F3. The Kier molecular flexibility index (Phi) is 8.12. The summed E-state index contributed by atoms with van der Waals surface area (Å²) < 4.78 is 39.6. The maximum atomic E-state index is 14.6. The van der Waals surface area contributed by atoms with Crippen LogP contribution in [0.5, 0.6) is 0 Å². The van der Waals surface area contributed by atoms with E-state index in [1.54, 1.807) is 12.1 Å². The molecule has 4 rings (SSSR count). The number of rotatable bonds is 6. The molecule has 0 aliphatic heterocycles. The molecule has 1 aliphatic rings. The first-order valence-electron chi connectivity index (χ1n) is 12.4. The van der Waals surface area contributed by atoms with Gasteiger partial charge in [0.15, 0.2) is 0 Å². The molecule has 0 saturated heterocycles. The van der Waals surface area contributed by atoms with Crippen molar-refractivity contribution in [1.82, 2.24) is 0 Å². The molecule has 0 amide bonds. The van der Waals surface area contributed by atoms with Crippen LogP contribution in [0.2, 0.25) is 0 Å². The Bertz CT molecular complexity index is 1200. The van der Waals surface area contributed by atoms with Gasteiger partial charge in [-0.15, -0.1) is 0 Å². The highest BCUT2D eigenvalue weighted by atomic mass is 19.3. The largest absolute Gasteiger partial charge is 0.271 e. The lowest BCUT2D eigenvalue weighted by Crippen LogP contribution is -2.13. The van der Waals surface area contributed by atoms with Crippen LogP contribution in [0.3, 0.4) is 0 Å². The first kappa shape index (κ1) is 24.1. The van der Waals surface area contributed by atoms with E-state index in [0.29, 0.717) is 22.8 Å². The third-order valence-electron chi connectivity index (χ3n) is 6.95. The zero-order valence-corrected chi connectivity index (χ0v) is 19.7. The monoisotopic (exact) mass is 460 g/mol. The fraction of sp³-hybridized carbons (Fsp3) is 0.355. The van der Waals surface area contributed by atoms with Crippen LogP contribution in [0.15, 0.2) is 60.7 Å². The van der Waals surface area contributed by atoms with E-state index >= 15 is 0 Å². The lowest BCUT2D eigenvalue weighted by molar-refractivity contribution is 0.294. The lowest BCUT2D eigenvalue weighted by atomic mass is 9.80. The topological polar surface area (TPSA) is 0 Å². The Balaban J connectivity index is 1.41. The van der Waals surface area contributed by atoms with Crippen molar-refractivity contribution >= 4 is 16.8 Å². The fourth-order valence-corrected chi connectivity index (χ4v) is 4.93. The quantitative estimate of drug-likeness (QED) is 0.254. The molecule has 0 N–H and O–H groups in total. The van der Waals surface area contributed by atoms with E-state index in [1.165, 1.54) is 57.4 Å². The summed E-state index contributed by atoms with van der Waals surface area (Å²) in [5.41, 5.74) is 2.87. The van der Waals surface area contributed by atoms with Gasteiger partial charge < -0.3 is 0 Å². The van der Waals surface area contributed by atoms with Crippen LogP contribution in [-0.2, 0) is 0 Å². The van der Waals surface area contributed by atoms with Crippen LogP contribution in [0.4, 0.5) is 13.2 Å². The number of benzene rings is 3. The lowest BCUT2D eigenvalue weighted by Gasteiger charge is -2.25. The molecular weight excluding hydrogens is 429 g/mol. The van der Waals surface area contributed by atoms with Crippen molar-refractivity contribution in [2.24, 2.45) is 11.8 Å². The molecule has 1 aliphatic carbocycles. The molecule has 0 unspecified atom stereocenters. The second-order valence-electron chi connectivity index (χ2n) is 9.40. The standard InChI is InChI=1S/C31H31F3/c1-2-3-4-5-22-6-8-23(9-7-22)10-11-24-12-14-25(15-13-24)26-18-19-29-27(20-26)16-17-28(31(29)34)21-30(32)33/h12-23H,2-9H2,1H3. The summed E-state index contributed by atoms with van der Waals surface area (Å²) in [6.45, 7) is 2.26. The zero-order chi connectivity index (χ0) is 23.9. The molecule has 0 nitrogen and oxygen atoms in total. The summed E-state index contributed by atoms with van der Waals surface area (Å²) in [5.74, 6) is 7.61. The fourth-order valence-electron chi connectivity index (χ4n) is 4.93. The van der Waals surface area contributed by atoms with Crippen LogP contribution >= 0.6 is 0 Å². The Hall–Kier alpha value is -2.99. The van der Waals surface area contributed by atoms with Crippen molar-refractivity contribution in [3.8, 4) is 23.0 Å². The third-order valence-corrected chi connectivity index (χ3v) is 6.95. The van der Waals surface area contributed by atoms with Gasteiger partial charge in [-0.2, -0.15) is 8.78 Å². The van der Waals surface area contributed by atoms with Crippen LogP contribution in [-0.4, -0.2) is 0 Å². The van der Waals surface area contributed by atoms with Gasteiger partial charge in [0.05, 0.1) is 0 Å². The predicted octanol–water partition coefficient (Wildman–Crippen LogP) is 9.62. The predicted molar refractivity (Wildman–Crippen MR) is 136 cm³/mol. The van der Waals surface area contributed by atoms with Crippen molar-refractivity contribution in [2.45, 2.75) is 58.3 Å². The van der Waals surface area contributed by atoms with E-state index in [1.807, 2.05) is 36.4 Å². The van der Waals surface area contributed by atoms with Crippen molar-refractivity contribution in [1.29, 1.82) is 0 Å². The van der Waals surface area contributed by atoms with Gasteiger partial charge >= 0.3 is 0 Å². The summed E-state index contributed by atoms with van der Waals surface area (Å²) in [4.78, 5) is 0. The van der Waals surface area contributed by atoms with Crippen LogP contribution in [0.25, 0.3) is 28.0 Å². The highest BCUT2D eigenvalue weighted by molar-refractivity contribution is 5.89. The molecule has 0 radical (unpaired) electrons. The summed E-state index contributed by atoms with van der Waals surface area (Å²) in [6.07, 6.45) is 9.09. The Morgan fingerprint density at radius 1 is 0.912 bits per heavy atom. The number of halogens is 3. The van der Waals surface area contributed by atoms with E-state index < -0.39 is 11.9 Å². The van der Waals surface area contributed by atoms with Crippen LogP contribution in [0.1, 0.15) is 69.4 Å². The maximum absolute atomic E-state index is 14.6. The summed E-state index contributed by atoms with van der Waals surface area (Å²) in [6, 6.07) is 16.5. The second-order valence-corrected chi connectivity index (χ2v) is 9.40. The van der Waals surface area contributed by atoms with Gasteiger partial charge in [0.25, 0.3) is 6.08 Å². The van der Waals surface area contributed by atoms with Crippen molar-refractivity contribution < 1.29 is 13.2 Å². The molecule has 3 aromatic carbocycles.